The fourth-order valence-corrected chi connectivity index (χ4v) is 3.24. The maximum atomic E-state index is 6.19. The number of hydrogen-bond acceptors (Lipinski definition) is 3. The van der Waals surface area contributed by atoms with Gasteiger partial charge in [0.15, 0.2) is 0 Å². The molecular weight excluding hydrogens is 334 g/mol. The van der Waals surface area contributed by atoms with E-state index in [4.69, 9.17) is 21.1 Å². The largest absolute Gasteiger partial charge is 0.492 e. The van der Waals surface area contributed by atoms with E-state index in [1.54, 1.807) is 0 Å². The first-order valence-electron chi connectivity index (χ1n) is 8.59. The van der Waals surface area contributed by atoms with Crippen LogP contribution in [-0.2, 0) is 0 Å². The molecule has 0 N–H and O–H groups in total. The number of nitrogens with zero attached hydrogens (tertiary/aromatic N) is 1. The number of likely N-dealkylation sites (tertiary alicyclic amines) is 1. The molecule has 0 saturated carbocycles. The Hall–Kier alpha value is -1.97. The van der Waals surface area contributed by atoms with Crippen molar-refractivity contribution in [1.82, 2.24) is 4.90 Å². The van der Waals surface area contributed by atoms with Crippen LogP contribution >= 0.6 is 11.6 Å². The maximum absolute atomic E-state index is 6.19. The van der Waals surface area contributed by atoms with Gasteiger partial charge in [-0.3, -0.25) is 4.90 Å². The summed E-state index contributed by atoms with van der Waals surface area (Å²) in [5, 5.41) is 0.725. The topological polar surface area (TPSA) is 21.7 Å². The molecule has 0 amide bonds. The van der Waals surface area contributed by atoms with Crippen molar-refractivity contribution in [1.29, 1.82) is 0 Å². The van der Waals surface area contributed by atoms with Crippen LogP contribution in [0, 0.1) is 0 Å². The predicted molar refractivity (Wildman–Crippen MR) is 104 cm³/mol. The van der Waals surface area contributed by atoms with Crippen LogP contribution in [0.1, 0.15) is 18.9 Å². The summed E-state index contributed by atoms with van der Waals surface area (Å²) in [7, 11) is 0. The first-order valence-corrected chi connectivity index (χ1v) is 8.96. The molecule has 1 saturated heterocycles. The van der Waals surface area contributed by atoms with Crippen molar-refractivity contribution in [2.75, 3.05) is 26.2 Å². The van der Waals surface area contributed by atoms with Gasteiger partial charge in [0.05, 0.1) is 0 Å². The van der Waals surface area contributed by atoms with E-state index in [0.29, 0.717) is 6.61 Å². The highest BCUT2D eigenvalue weighted by Gasteiger charge is 2.35. The van der Waals surface area contributed by atoms with E-state index in [2.05, 4.69) is 18.4 Å². The Morgan fingerprint density at radius 2 is 2.00 bits per heavy atom. The van der Waals surface area contributed by atoms with Crippen molar-refractivity contribution in [3.05, 3.63) is 65.7 Å². The maximum Gasteiger partial charge on any atom is 0.120 e. The molecule has 0 aliphatic carbocycles. The van der Waals surface area contributed by atoms with Gasteiger partial charge in [0.2, 0.25) is 0 Å². The molecule has 2 aromatic rings. The van der Waals surface area contributed by atoms with Gasteiger partial charge in [0.25, 0.3) is 0 Å². The molecule has 1 aliphatic heterocycles. The second kappa shape index (κ2) is 7.94. The second-order valence-corrected chi connectivity index (χ2v) is 7.09. The zero-order chi connectivity index (χ0) is 17.7. The van der Waals surface area contributed by atoms with Gasteiger partial charge < -0.3 is 9.47 Å². The molecule has 1 atom stereocenters. The van der Waals surface area contributed by atoms with E-state index in [1.165, 1.54) is 0 Å². The molecule has 1 unspecified atom stereocenters. The minimum Gasteiger partial charge on any atom is -0.492 e. The fourth-order valence-electron chi connectivity index (χ4n) is 3.11. The summed E-state index contributed by atoms with van der Waals surface area (Å²) >= 11 is 5.93. The Labute approximate surface area is 154 Å². The van der Waals surface area contributed by atoms with Gasteiger partial charge in [0.1, 0.15) is 23.7 Å². The van der Waals surface area contributed by atoms with Crippen LogP contribution < -0.4 is 9.47 Å². The van der Waals surface area contributed by atoms with E-state index in [0.717, 1.165) is 48.1 Å². The molecule has 25 heavy (non-hydrogen) atoms. The lowest BCUT2D eigenvalue weighted by Crippen LogP contribution is -2.37. The number of ether oxygens (including phenoxy) is 2. The molecule has 1 heterocycles. The normalized spacial score (nSPS) is 20.4. The minimum atomic E-state index is -0.170. The van der Waals surface area contributed by atoms with E-state index in [1.807, 2.05) is 54.6 Å². The molecule has 3 nitrogen and oxygen atoms in total. The van der Waals surface area contributed by atoms with Crippen molar-refractivity contribution in [3.63, 3.8) is 0 Å². The van der Waals surface area contributed by atoms with E-state index in [9.17, 15) is 0 Å². The van der Waals surface area contributed by atoms with Crippen molar-refractivity contribution >= 4 is 17.7 Å². The molecule has 0 spiro atoms. The van der Waals surface area contributed by atoms with E-state index < -0.39 is 0 Å². The lowest BCUT2D eigenvalue weighted by molar-refractivity contribution is 0.0935. The summed E-state index contributed by atoms with van der Waals surface area (Å²) in [6.45, 7) is 9.41. The zero-order valence-electron chi connectivity index (χ0n) is 14.6. The summed E-state index contributed by atoms with van der Waals surface area (Å²) in [4.78, 5) is 2.38. The Morgan fingerprint density at radius 3 is 2.76 bits per heavy atom. The molecule has 1 aliphatic rings. The van der Waals surface area contributed by atoms with E-state index in [-0.39, 0.29) is 5.60 Å². The van der Waals surface area contributed by atoms with Gasteiger partial charge in [-0.25, -0.2) is 0 Å². The molecule has 4 heteroatoms. The first-order chi connectivity index (χ1) is 12.1. The minimum absolute atomic E-state index is 0.170. The smallest absolute Gasteiger partial charge is 0.120 e. The molecule has 0 radical (unpaired) electrons. The van der Waals surface area contributed by atoms with Crippen molar-refractivity contribution in [2.45, 2.75) is 18.9 Å². The molecule has 0 aromatic heterocycles. The average Bonchev–Trinajstić information content (AvgIpc) is 2.98. The highest BCUT2D eigenvalue weighted by Crippen LogP contribution is 2.28. The number of halogens is 1. The van der Waals surface area contributed by atoms with Gasteiger partial charge in [-0.15, -0.1) is 0 Å². The van der Waals surface area contributed by atoms with Crippen LogP contribution in [0.2, 0.25) is 5.02 Å². The molecule has 0 bridgehead atoms. The molecule has 2 aromatic carbocycles. The summed E-state index contributed by atoms with van der Waals surface area (Å²) < 4.78 is 12.1. The Balaban J connectivity index is 1.47. The van der Waals surface area contributed by atoms with Crippen LogP contribution in [0.5, 0.6) is 11.5 Å². The van der Waals surface area contributed by atoms with Crippen LogP contribution in [0.25, 0.3) is 6.08 Å². The lowest BCUT2D eigenvalue weighted by Gasteiger charge is -2.26. The fraction of sp³-hybridized carbons (Fsp3) is 0.333. The second-order valence-electron chi connectivity index (χ2n) is 6.66. The summed E-state index contributed by atoms with van der Waals surface area (Å²) in [6, 6.07) is 15.5. The van der Waals surface area contributed by atoms with Gasteiger partial charge in [-0.05, 0) is 48.9 Å². The summed E-state index contributed by atoms with van der Waals surface area (Å²) in [5.74, 6) is 1.75. The van der Waals surface area contributed by atoms with Gasteiger partial charge >= 0.3 is 0 Å². The number of benzene rings is 2. The molecular formula is C21H24ClNO2. The lowest BCUT2D eigenvalue weighted by atomic mass is 10.1. The van der Waals surface area contributed by atoms with Gasteiger partial charge in [0, 0.05) is 31.1 Å². The van der Waals surface area contributed by atoms with Gasteiger partial charge in [-0.1, -0.05) is 36.4 Å². The monoisotopic (exact) mass is 357 g/mol. The predicted octanol–water partition coefficient (Wildman–Crippen LogP) is 4.91. The standard InChI is InChI=1S/C21H24ClNO2/c1-3-17-5-4-6-20(15-17)24-14-13-23-12-11-21(2,16-23)25-19-9-7-18(22)8-10-19/h3-10,15H,1,11-14,16H2,2H3. The molecule has 132 valence electrons. The van der Waals surface area contributed by atoms with Crippen molar-refractivity contribution in [3.8, 4) is 11.5 Å². The zero-order valence-corrected chi connectivity index (χ0v) is 15.3. The number of rotatable bonds is 7. The first kappa shape index (κ1) is 17.8. The van der Waals surface area contributed by atoms with Crippen LogP contribution in [0.15, 0.2) is 55.1 Å². The van der Waals surface area contributed by atoms with Crippen LogP contribution in [0.3, 0.4) is 0 Å². The third-order valence-corrected chi connectivity index (χ3v) is 4.71. The van der Waals surface area contributed by atoms with Crippen molar-refractivity contribution < 1.29 is 9.47 Å². The summed E-state index contributed by atoms with van der Waals surface area (Å²) in [6.07, 6.45) is 2.83. The third-order valence-electron chi connectivity index (χ3n) is 4.46. The Morgan fingerprint density at radius 1 is 1.20 bits per heavy atom. The highest BCUT2D eigenvalue weighted by atomic mass is 35.5. The Bertz CT molecular complexity index is 716. The quantitative estimate of drug-likeness (QED) is 0.703. The average molecular weight is 358 g/mol. The van der Waals surface area contributed by atoms with Gasteiger partial charge in [-0.2, -0.15) is 0 Å². The SMILES string of the molecule is C=Cc1cccc(OCCN2CCC(C)(Oc3ccc(Cl)cc3)C2)c1. The number of hydrogen-bond donors (Lipinski definition) is 0. The third kappa shape index (κ3) is 5.00. The Kier molecular flexibility index (Phi) is 5.67. The summed E-state index contributed by atoms with van der Waals surface area (Å²) in [5.41, 5.74) is 0.902. The highest BCUT2D eigenvalue weighted by molar-refractivity contribution is 6.30. The van der Waals surface area contributed by atoms with Crippen LogP contribution in [0.4, 0.5) is 0 Å². The molecule has 1 fully saturated rings. The van der Waals surface area contributed by atoms with Crippen LogP contribution in [-0.4, -0.2) is 36.7 Å². The molecule has 3 rings (SSSR count). The van der Waals surface area contributed by atoms with Crippen molar-refractivity contribution in [2.24, 2.45) is 0 Å². The van der Waals surface area contributed by atoms with E-state index >= 15 is 0 Å².